The maximum absolute atomic E-state index is 14.7. The second-order valence-corrected chi connectivity index (χ2v) is 10.6. The van der Waals surface area contributed by atoms with Gasteiger partial charge in [-0.25, -0.2) is 9.59 Å². The smallest absolute Gasteiger partial charge is 0.408 e. The van der Waals surface area contributed by atoms with E-state index in [2.05, 4.69) is 18.5 Å². The summed E-state index contributed by atoms with van der Waals surface area (Å²) in [4.78, 5) is 42.6. The first kappa shape index (κ1) is 28.1. The van der Waals surface area contributed by atoms with Crippen molar-refractivity contribution in [1.29, 1.82) is 0 Å². The number of carbonyl (C=O) groups excluding carboxylic acids is 3. The Morgan fingerprint density at radius 1 is 1.03 bits per heavy atom. The van der Waals surface area contributed by atoms with Crippen LogP contribution in [0.15, 0.2) is 86.0 Å². The highest BCUT2D eigenvalue weighted by molar-refractivity contribution is 5.96. The Bertz CT molecular complexity index is 1180. The van der Waals surface area contributed by atoms with Gasteiger partial charge in [0.15, 0.2) is 0 Å². The number of amides is 2. The van der Waals surface area contributed by atoms with Crippen LogP contribution in [-0.4, -0.2) is 47.6 Å². The first-order chi connectivity index (χ1) is 18.9. The largest absolute Gasteiger partial charge is 0.467 e. The molecule has 1 aliphatic heterocycles. The van der Waals surface area contributed by atoms with E-state index in [-0.39, 0.29) is 24.5 Å². The summed E-state index contributed by atoms with van der Waals surface area (Å²) in [6, 6.07) is 17.7. The van der Waals surface area contributed by atoms with E-state index in [9.17, 15) is 14.4 Å². The van der Waals surface area contributed by atoms with Crippen molar-refractivity contribution in [2.24, 2.45) is 5.41 Å². The van der Waals surface area contributed by atoms with Gasteiger partial charge in [0.2, 0.25) is 0 Å². The number of rotatable bonds is 10. The molecule has 2 aromatic rings. The van der Waals surface area contributed by atoms with Crippen LogP contribution in [0.1, 0.15) is 49.7 Å². The molecule has 0 unspecified atom stereocenters. The van der Waals surface area contributed by atoms with E-state index in [0.717, 1.165) is 36.8 Å². The second kappa shape index (κ2) is 12.3. The summed E-state index contributed by atoms with van der Waals surface area (Å²) in [6.45, 7) is 7.99. The first-order valence-corrected chi connectivity index (χ1v) is 13.6. The molecule has 206 valence electrons. The quantitative estimate of drug-likeness (QED) is 0.330. The molecule has 1 aliphatic carbocycles. The normalized spacial score (nSPS) is 21.1. The molecular formula is C32H38N2O5. The molecule has 1 N–H and O–H groups in total. The van der Waals surface area contributed by atoms with Crippen LogP contribution in [0.25, 0.3) is 0 Å². The standard InChI is InChI=1S/C32H38N2O5/c1-4-14-27-31(19-12-13-20-31)22-26(28(35)38-3)34(27)29(36)32(5-2,21-24-15-8-6-9-16-24)33-30(37)39-23-25-17-10-7-11-18-25/h4-11,15-18,26-27H,1-2,12-14,19-23H2,3H3,(H,33,37)/t26-,27-,32+/m0/s1. The zero-order valence-corrected chi connectivity index (χ0v) is 22.6. The summed E-state index contributed by atoms with van der Waals surface area (Å²) < 4.78 is 10.7. The average Bonchev–Trinajstić information content (AvgIpc) is 3.57. The summed E-state index contributed by atoms with van der Waals surface area (Å²) in [5, 5.41) is 2.85. The number of ether oxygens (including phenoxy) is 2. The van der Waals surface area contributed by atoms with Crippen molar-refractivity contribution in [3.8, 4) is 0 Å². The van der Waals surface area contributed by atoms with Crippen molar-refractivity contribution in [3.05, 3.63) is 97.1 Å². The zero-order valence-electron chi connectivity index (χ0n) is 22.6. The van der Waals surface area contributed by atoms with E-state index in [1.54, 1.807) is 11.0 Å². The molecule has 2 aromatic carbocycles. The number of carbonyl (C=O) groups is 3. The highest BCUT2D eigenvalue weighted by atomic mass is 16.5. The van der Waals surface area contributed by atoms with Crippen LogP contribution in [-0.2, 0) is 32.1 Å². The summed E-state index contributed by atoms with van der Waals surface area (Å²) in [5.74, 6) is -0.852. The van der Waals surface area contributed by atoms with Gasteiger partial charge < -0.3 is 19.7 Å². The molecule has 7 nitrogen and oxygen atoms in total. The Kier molecular flexibility index (Phi) is 8.90. The molecule has 7 heteroatoms. The number of likely N-dealkylation sites (tertiary alicyclic amines) is 1. The summed E-state index contributed by atoms with van der Waals surface area (Å²) >= 11 is 0. The van der Waals surface area contributed by atoms with Gasteiger partial charge in [-0.3, -0.25) is 4.79 Å². The number of esters is 1. The molecule has 4 rings (SSSR count). The fraction of sp³-hybridized carbons (Fsp3) is 0.406. The van der Waals surface area contributed by atoms with Crippen molar-refractivity contribution in [3.63, 3.8) is 0 Å². The van der Waals surface area contributed by atoms with E-state index in [1.165, 1.54) is 13.2 Å². The van der Waals surface area contributed by atoms with Crippen molar-refractivity contribution in [2.75, 3.05) is 7.11 Å². The third kappa shape index (κ3) is 5.92. The van der Waals surface area contributed by atoms with E-state index >= 15 is 0 Å². The minimum atomic E-state index is -1.55. The number of nitrogens with zero attached hydrogens (tertiary/aromatic N) is 1. The molecule has 1 saturated heterocycles. The van der Waals surface area contributed by atoms with Crippen molar-refractivity contribution in [2.45, 2.75) is 69.2 Å². The molecule has 0 aromatic heterocycles. The van der Waals surface area contributed by atoms with E-state index < -0.39 is 29.6 Å². The lowest BCUT2D eigenvalue weighted by Crippen LogP contribution is -2.63. The first-order valence-electron chi connectivity index (χ1n) is 13.6. The molecule has 1 heterocycles. The molecule has 2 fully saturated rings. The van der Waals surface area contributed by atoms with Gasteiger partial charge >= 0.3 is 12.1 Å². The minimum Gasteiger partial charge on any atom is -0.467 e. The van der Waals surface area contributed by atoms with Gasteiger partial charge in [-0.1, -0.05) is 85.7 Å². The fourth-order valence-corrected chi connectivity index (χ4v) is 6.36. The molecule has 2 aliphatic rings. The van der Waals surface area contributed by atoms with Crippen molar-refractivity contribution in [1.82, 2.24) is 10.2 Å². The predicted molar refractivity (Wildman–Crippen MR) is 150 cm³/mol. The third-order valence-corrected chi connectivity index (χ3v) is 8.27. The molecule has 0 bridgehead atoms. The molecule has 1 saturated carbocycles. The number of methoxy groups -OCH3 is 1. The fourth-order valence-electron chi connectivity index (χ4n) is 6.36. The highest BCUT2D eigenvalue weighted by Crippen LogP contribution is 2.54. The molecule has 1 spiro atoms. The van der Waals surface area contributed by atoms with Gasteiger partial charge in [0, 0.05) is 12.5 Å². The Hall–Kier alpha value is -3.87. The van der Waals surface area contributed by atoms with E-state index in [4.69, 9.17) is 9.47 Å². The third-order valence-electron chi connectivity index (χ3n) is 8.27. The number of benzene rings is 2. The van der Waals surface area contributed by atoms with Gasteiger partial charge in [0.1, 0.15) is 18.2 Å². The molecule has 2 amide bonds. The monoisotopic (exact) mass is 530 g/mol. The van der Waals surface area contributed by atoms with Gasteiger partial charge in [0.25, 0.3) is 5.91 Å². The van der Waals surface area contributed by atoms with Crippen LogP contribution in [0.5, 0.6) is 0 Å². The van der Waals surface area contributed by atoms with Gasteiger partial charge in [-0.05, 0) is 42.2 Å². The molecule has 3 atom stereocenters. The Morgan fingerprint density at radius 3 is 2.21 bits per heavy atom. The average molecular weight is 531 g/mol. The van der Waals surface area contributed by atoms with Crippen LogP contribution in [0.3, 0.4) is 0 Å². The summed E-state index contributed by atoms with van der Waals surface area (Å²) in [5.41, 5.74) is -0.0919. The summed E-state index contributed by atoms with van der Waals surface area (Å²) in [6.07, 6.45) is 7.68. The van der Waals surface area contributed by atoms with Crippen molar-refractivity contribution >= 4 is 18.0 Å². The zero-order chi connectivity index (χ0) is 27.9. The lowest BCUT2D eigenvalue weighted by atomic mass is 9.76. The molecular weight excluding hydrogens is 492 g/mol. The number of hydrogen-bond acceptors (Lipinski definition) is 5. The van der Waals surface area contributed by atoms with Gasteiger partial charge in [0.05, 0.1) is 7.11 Å². The lowest BCUT2D eigenvalue weighted by molar-refractivity contribution is -0.154. The Balaban J connectivity index is 1.71. The second-order valence-electron chi connectivity index (χ2n) is 10.6. The number of hydrogen-bond donors (Lipinski definition) is 1. The topological polar surface area (TPSA) is 84.9 Å². The van der Waals surface area contributed by atoms with Crippen molar-refractivity contribution < 1.29 is 23.9 Å². The van der Waals surface area contributed by atoms with Gasteiger partial charge in [-0.15, -0.1) is 13.2 Å². The maximum atomic E-state index is 14.7. The minimum absolute atomic E-state index is 0.0517. The van der Waals surface area contributed by atoms with Crippen LogP contribution < -0.4 is 5.32 Å². The SMILES string of the molecule is C=CC[C@@H]1N(C(=O)[C@@](C=C)(Cc2ccccc2)NC(=O)OCc2ccccc2)[C@H](C(=O)OC)CC12CCCC2. The van der Waals surface area contributed by atoms with Crippen LogP contribution in [0.2, 0.25) is 0 Å². The Morgan fingerprint density at radius 2 is 1.64 bits per heavy atom. The summed E-state index contributed by atoms with van der Waals surface area (Å²) in [7, 11) is 1.34. The predicted octanol–water partition coefficient (Wildman–Crippen LogP) is 5.36. The maximum Gasteiger partial charge on any atom is 0.408 e. The van der Waals surface area contributed by atoms with Crippen LogP contribution in [0.4, 0.5) is 4.79 Å². The number of nitrogens with one attached hydrogen (secondary N) is 1. The van der Waals surface area contributed by atoms with E-state index in [0.29, 0.717) is 12.8 Å². The highest BCUT2D eigenvalue weighted by Gasteiger charge is 2.59. The Labute approximate surface area is 230 Å². The van der Waals surface area contributed by atoms with Gasteiger partial charge in [-0.2, -0.15) is 0 Å². The van der Waals surface area contributed by atoms with Crippen LogP contribution in [0, 0.1) is 5.41 Å². The van der Waals surface area contributed by atoms with E-state index in [1.807, 2.05) is 60.7 Å². The van der Waals surface area contributed by atoms with Crippen LogP contribution >= 0.6 is 0 Å². The molecule has 0 radical (unpaired) electrons. The lowest BCUT2D eigenvalue weighted by Gasteiger charge is -2.40. The molecule has 39 heavy (non-hydrogen) atoms. The number of alkyl carbamates (subject to hydrolysis) is 1.